The van der Waals surface area contributed by atoms with Crippen LogP contribution in [0.2, 0.25) is 0 Å². The molecule has 5 rings (SSSR count). The predicted octanol–water partition coefficient (Wildman–Crippen LogP) is 5.82. The van der Waals surface area contributed by atoms with Crippen molar-refractivity contribution >= 4 is 17.2 Å². The highest BCUT2D eigenvalue weighted by Gasteiger charge is 2.18. The van der Waals surface area contributed by atoms with E-state index in [9.17, 15) is 0 Å². The minimum atomic E-state index is 0.765. The zero-order chi connectivity index (χ0) is 20.3. The fourth-order valence-electron chi connectivity index (χ4n) is 3.54. The summed E-state index contributed by atoms with van der Waals surface area (Å²) in [7, 11) is 1.67. The highest BCUT2D eigenvalue weighted by Crippen LogP contribution is 2.35. The van der Waals surface area contributed by atoms with E-state index in [2.05, 4.69) is 22.4 Å². The Hall–Kier alpha value is -4.12. The number of hydrogen-bond acceptors (Lipinski definition) is 4. The molecule has 30 heavy (non-hydrogen) atoms. The number of fused-ring (bicyclic) bond motifs is 1. The molecule has 0 aliphatic rings. The zero-order valence-electron chi connectivity index (χ0n) is 16.5. The van der Waals surface area contributed by atoms with E-state index in [1.807, 2.05) is 89.6 Å². The van der Waals surface area contributed by atoms with Gasteiger partial charge in [0.2, 0.25) is 0 Å². The van der Waals surface area contributed by atoms with Gasteiger partial charge in [0.05, 0.1) is 18.4 Å². The van der Waals surface area contributed by atoms with Crippen molar-refractivity contribution in [2.45, 2.75) is 0 Å². The molecule has 5 heteroatoms. The summed E-state index contributed by atoms with van der Waals surface area (Å²) in [5.74, 6) is 1.58. The normalized spacial score (nSPS) is 10.8. The first-order valence-electron chi connectivity index (χ1n) is 9.73. The van der Waals surface area contributed by atoms with Crippen molar-refractivity contribution in [1.29, 1.82) is 0 Å². The van der Waals surface area contributed by atoms with Gasteiger partial charge in [0.15, 0.2) is 11.5 Å². The first kappa shape index (κ1) is 17.9. The average molecular weight is 392 g/mol. The molecule has 0 spiro atoms. The quantitative estimate of drug-likeness (QED) is 0.410. The van der Waals surface area contributed by atoms with Gasteiger partial charge in [0.25, 0.3) is 0 Å². The van der Waals surface area contributed by atoms with Crippen LogP contribution in [0.25, 0.3) is 28.0 Å². The Kier molecular flexibility index (Phi) is 4.62. The van der Waals surface area contributed by atoms with Gasteiger partial charge in [-0.2, -0.15) is 0 Å². The van der Waals surface area contributed by atoms with Gasteiger partial charge in [-0.1, -0.05) is 48.5 Å². The number of para-hydroxylation sites is 1. The van der Waals surface area contributed by atoms with Crippen LogP contribution in [0, 0.1) is 0 Å². The summed E-state index contributed by atoms with van der Waals surface area (Å²) in [5, 5.41) is 8.38. The molecule has 146 valence electrons. The molecule has 0 unspecified atom stereocenters. The summed E-state index contributed by atoms with van der Waals surface area (Å²) in [6, 6.07) is 30.2. The minimum Gasteiger partial charge on any atom is -0.497 e. The maximum atomic E-state index is 5.30. The van der Waals surface area contributed by atoms with Crippen molar-refractivity contribution in [2.24, 2.45) is 0 Å². The Labute approximate surface area is 174 Å². The third kappa shape index (κ3) is 3.26. The molecule has 0 aliphatic carbocycles. The van der Waals surface area contributed by atoms with Crippen LogP contribution < -0.4 is 10.1 Å². The Balaban J connectivity index is 1.71. The van der Waals surface area contributed by atoms with Gasteiger partial charge in [0.1, 0.15) is 5.75 Å². The van der Waals surface area contributed by atoms with Gasteiger partial charge in [-0.05, 0) is 48.0 Å². The Morgan fingerprint density at radius 3 is 2.17 bits per heavy atom. The number of nitrogens with one attached hydrogen (secondary N) is 1. The first-order valence-corrected chi connectivity index (χ1v) is 9.73. The monoisotopic (exact) mass is 392 g/mol. The smallest absolute Gasteiger partial charge is 0.165 e. The lowest BCUT2D eigenvalue weighted by Gasteiger charge is -2.06. The van der Waals surface area contributed by atoms with E-state index < -0.39 is 0 Å². The van der Waals surface area contributed by atoms with Crippen LogP contribution in [0.3, 0.4) is 0 Å². The van der Waals surface area contributed by atoms with Gasteiger partial charge in [0, 0.05) is 17.4 Å². The predicted molar refractivity (Wildman–Crippen MR) is 120 cm³/mol. The largest absolute Gasteiger partial charge is 0.497 e. The number of hydrogen-bond donors (Lipinski definition) is 1. The van der Waals surface area contributed by atoms with E-state index in [1.54, 1.807) is 7.11 Å². The molecule has 5 aromatic rings. The molecule has 3 aromatic carbocycles. The summed E-state index contributed by atoms with van der Waals surface area (Å²) < 4.78 is 7.19. The fourth-order valence-corrected chi connectivity index (χ4v) is 3.54. The molecule has 0 fully saturated rings. The standard InChI is InChI=1S/C25H20N4O/c1-30-21-14-12-18(13-15-21)22-16-17-26-25-23(19-8-4-2-5-9-19)24(28-29(22)25)27-20-10-6-3-7-11-20/h2-17H,1H3,(H,27,28). The number of ether oxygens (including phenoxy) is 1. The van der Waals surface area contributed by atoms with E-state index >= 15 is 0 Å². The van der Waals surface area contributed by atoms with Crippen LogP contribution in [-0.4, -0.2) is 21.7 Å². The number of methoxy groups -OCH3 is 1. The van der Waals surface area contributed by atoms with Crippen LogP contribution >= 0.6 is 0 Å². The van der Waals surface area contributed by atoms with Gasteiger partial charge in [-0.15, -0.1) is 5.10 Å². The molecule has 0 atom stereocenters. The molecule has 2 aromatic heterocycles. The van der Waals surface area contributed by atoms with Crippen LogP contribution in [0.4, 0.5) is 11.5 Å². The summed E-state index contributed by atoms with van der Waals surface area (Å²) in [4.78, 5) is 4.68. The van der Waals surface area contributed by atoms with Crippen LogP contribution in [-0.2, 0) is 0 Å². The molecule has 2 heterocycles. The van der Waals surface area contributed by atoms with Gasteiger partial charge in [-0.25, -0.2) is 9.50 Å². The average Bonchev–Trinajstić information content (AvgIpc) is 3.18. The molecule has 5 nitrogen and oxygen atoms in total. The van der Waals surface area contributed by atoms with E-state index in [-0.39, 0.29) is 0 Å². The Morgan fingerprint density at radius 1 is 0.767 bits per heavy atom. The highest BCUT2D eigenvalue weighted by atomic mass is 16.5. The van der Waals surface area contributed by atoms with Gasteiger partial charge >= 0.3 is 0 Å². The van der Waals surface area contributed by atoms with Crippen LogP contribution in [0.1, 0.15) is 0 Å². The van der Waals surface area contributed by atoms with Crippen molar-refractivity contribution in [3.8, 4) is 28.1 Å². The summed E-state index contributed by atoms with van der Waals surface area (Å²) in [6.07, 6.45) is 1.83. The molecule has 0 saturated carbocycles. The van der Waals surface area contributed by atoms with Crippen LogP contribution in [0.15, 0.2) is 97.2 Å². The van der Waals surface area contributed by atoms with Crippen LogP contribution in [0.5, 0.6) is 5.75 Å². The third-order valence-corrected chi connectivity index (χ3v) is 5.00. The Morgan fingerprint density at radius 2 is 1.47 bits per heavy atom. The number of anilines is 2. The topological polar surface area (TPSA) is 51.5 Å². The Bertz CT molecular complexity index is 1280. The molecular weight excluding hydrogens is 372 g/mol. The number of rotatable bonds is 5. The SMILES string of the molecule is COc1ccc(-c2ccnc3c(-c4ccccc4)c(Nc4ccccc4)nn23)cc1. The summed E-state index contributed by atoms with van der Waals surface area (Å²) in [6.45, 7) is 0. The van der Waals surface area contributed by atoms with Crippen molar-refractivity contribution in [2.75, 3.05) is 12.4 Å². The lowest BCUT2D eigenvalue weighted by atomic mass is 10.1. The summed E-state index contributed by atoms with van der Waals surface area (Å²) in [5.41, 5.74) is 5.80. The minimum absolute atomic E-state index is 0.765. The number of benzene rings is 3. The summed E-state index contributed by atoms with van der Waals surface area (Å²) >= 11 is 0. The van der Waals surface area contributed by atoms with Gasteiger partial charge < -0.3 is 10.1 Å². The molecule has 0 saturated heterocycles. The molecular formula is C25H20N4O. The van der Waals surface area contributed by atoms with E-state index in [1.165, 1.54) is 0 Å². The maximum Gasteiger partial charge on any atom is 0.165 e. The lowest BCUT2D eigenvalue weighted by Crippen LogP contribution is -1.96. The van der Waals surface area contributed by atoms with E-state index in [4.69, 9.17) is 9.84 Å². The van der Waals surface area contributed by atoms with Crippen molar-refractivity contribution in [3.63, 3.8) is 0 Å². The second-order valence-corrected chi connectivity index (χ2v) is 6.87. The highest BCUT2D eigenvalue weighted by molar-refractivity contribution is 5.90. The zero-order valence-corrected chi connectivity index (χ0v) is 16.5. The van der Waals surface area contributed by atoms with Crippen molar-refractivity contribution < 1.29 is 4.74 Å². The second kappa shape index (κ2) is 7.72. The fraction of sp³-hybridized carbons (Fsp3) is 0.0400. The molecule has 0 radical (unpaired) electrons. The molecule has 1 N–H and O–H groups in total. The second-order valence-electron chi connectivity index (χ2n) is 6.87. The maximum absolute atomic E-state index is 5.30. The molecule has 0 aliphatic heterocycles. The number of aromatic nitrogens is 3. The number of nitrogens with zero attached hydrogens (tertiary/aromatic N) is 3. The lowest BCUT2D eigenvalue weighted by molar-refractivity contribution is 0.415. The first-order chi connectivity index (χ1) is 14.8. The van der Waals surface area contributed by atoms with E-state index in [0.29, 0.717) is 0 Å². The molecule has 0 amide bonds. The van der Waals surface area contributed by atoms with Crippen molar-refractivity contribution in [1.82, 2.24) is 14.6 Å². The molecule has 0 bridgehead atoms. The van der Waals surface area contributed by atoms with E-state index in [0.717, 1.165) is 45.3 Å². The van der Waals surface area contributed by atoms with Gasteiger partial charge in [-0.3, -0.25) is 0 Å². The van der Waals surface area contributed by atoms with Crippen molar-refractivity contribution in [3.05, 3.63) is 97.2 Å². The third-order valence-electron chi connectivity index (χ3n) is 5.00.